The first kappa shape index (κ1) is 26.7. The van der Waals surface area contributed by atoms with Gasteiger partial charge >= 0.3 is 5.97 Å². The molecular formula is C25H22ClN3O6S. The third kappa shape index (κ3) is 9.05. The van der Waals surface area contributed by atoms with Crippen LogP contribution in [0.25, 0.3) is 0 Å². The van der Waals surface area contributed by atoms with Gasteiger partial charge in [0.05, 0.1) is 4.92 Å². The normalized spacial score (nSPS) is 10.4. The molecule has 0 fully saturated rings. The number of esters is 1. The van der Waals surface area contributed by atoms with E-state index in [9.17, 15) is 24.5 Å². The van der Waals surface area contributed by atoms with Gasteiger partial charge in [-0.1, -0.05) is 29.4 Å². The highest BCUT2D eigenvalue weighted by atomic mass is 35.5. The number of non-ortho nitro benzene ring substituents is 1. The second-order valence-corrected chi connectivity index (χ2v) is 9.08. The van der Waals surface area contributed by atoms with Gasteiger partial charge in [0.15, 0.2) is 6.61 Å². The van der Waals surface area contributed by atoms with Gasteiger partial charge < -0.3 is 15.4 Å². The molecule has 36 heavy (non-hydrogen) atoms. The van der Waals surface area contributed by atoms with Crippen LogP contribution >= 0.6 is 23.4 Å². The number of benzene rings is 3. The van der Waals surface area contributed by atoms with Crippen molar-refractivity contribution in [3.05, 3.63) is 87.9 Å². The summed E-state index contributed by atoms with van der Waals surface area (Å²) in [6.07, 6.45) is 0.325. The number of anilines is 2. The van der Waals surface area contributed by atoms with E-state index in [1.165, 1.54) is 24.3 Å². The molecule has 11 heteroatoms. The van der Waals surface area contributed by atoms with Gasteiger partial charge in [0.25, 0.3) is 11.6 Å². The van der Waals surface area contributed by atoms with E-state index in [2.05, 4.69) is 10.6 Å². The van der Waals surface area contributed by atoms with Crippen LogP contribution in [0.2, 0.25) is 5.02 Å². The number of ether oxygens (including phenoxy) is 1. The largest absolute Gasteiger partial charge is 0.456 e. The van der Waals surface area contributed by atoms with Crippen LogP contribution in [-0.4, -0.2) is 29.3 Å². The molecule has 2 amide bonds. The molecule has 0 spiro atoms. The Labute approximate surface area is 216 Å². The number of nitrogens with zero attached hydrogens (tertiary/aromatic N) is 1. The Balaban J connectivity index is 1.33. The SMILES string of the molecule is O=C(CCCC(=O)OCC(=O)Nc1cccc([N+](=O)[O-])c1)Nc1ccc(Sc2ccc(Cl)cc2)cc1. The molecule has 3 aromatic rings. The van der Waals surface area contributed by atoms with Crippen molar-refractivity contribution in [2.75, 3.05) is 17.2 Å². The molecule has 3 aromatic carbocycles. The summed E-state index contributed by atoms with van der Waals surface area (Å²) in [7, 11) is 0. The molecule has 0 radical (unpaired) electrons. The number of amides is 2. The summed E-state index contributed by atoms with van der Waals surface area (Å²) in [5, 5.41) is 16.7. The van der Waals surface area contributed by atoms with Crippen LogP contribution in [0.5, 0.6) is 0 Å². The maximum atomic E-state index is 12.2. The van der Waals surface area contributed by atoms with Crippen LogP contribution in [0.1, 0.15) is 19.3 Å². The zero-order valence-corrected chi connectivity index (χ0v) is 20.5. The van der Waals surface area contributed by atoms with E-state index < -0.39 is 23.4 Å². The van der Waals surface area contributed by atoms with Gasteiger partial charge in [-0.05, 0) is 61.0 Å². The van der Waals surface area contributed by atoms with Crippen LogP contribution in [0, 0.1) is 10.1 Å². The molecule has 0 saturated carbocycles. The Bertz CT molecular complexity index is 1240. The van der Waals surface area contributed by atoms with Gasteiger partial charge in [0, 0.05) is 51.2 Å². The monoisotopic (exact) mass is 527 g/mol. The molecule has 2 N–H and O–H groups in total. The average Bonchev–Trinajstić information content (AvgIpc) is 2.85. The standard InChI is InChI=1S/C25H22ClN3O6S/c26-17-7-11-21(12-8-17)36-22-13-9-18(10-14-22)27-23(30)5-2-6-25(32)35-16-24(31)28-19-3-1-4-20(15-19)29(33)34/h1,3-4,7-15H,2,5-6,16H2,(H,27,30)(H,28,31). The summed E-state index contributed by atoms with van der Waals surface area (Å²) in [6.45, 7) is -0.534. The Kier molecular flexibility index (Phi) is 9.84. The van der Waals surface area contributed by atoms with Crippen molar-refractivity contribution >= 4 is 58.2 Å². The minimum atomic E-state index is -0.626. The van der Waals surface area contributed by atoms with Crippen LogP contribution in [0.15, 0.2) is 82.6 Å². The number of nitro benzene ring substituents is 1. The van der Waals surface area contributed by atoms with Crippen LogP contribution < -0.4 is 10.6 Å². The molecule has 0 aliphatic heterocycles. The van der Waals surface area contributed by atoms with E-state index in [0.29, 0.717) is 10.7 Å². The topological polar surface area (TPSA) is 128 Å². The Morgan fingerprint density at radius 2 is 1.50 bits per heavy atom. The summed E-state index contributed by atoms with van der Waals surface area (Å²) in [6, 6.07) is 20.3. The lowest BCUT2D eigenvalue weighted by atomic mass is 10.2. The molecule has 0 bridgehead atoms. The van der Waals surface area contributed by atoms with Gasteiger partial charge in [-0.25, -0.2) is 0 Å². The second-order valence-electron chi connectivity index (χ2n) is 7.50. The molecule has 0 aliphatic rings. The average molecular weight is 528 g/mol. The van der Waals surface area contributed by atoms with Crippen molar-refractivity contribution in [1.29, 1.82) is 0 Å². The van der Waals surface area contributed by atoms with Gasteiger partial charge in [0.1, 0.15) is 0 Å². The first-order valence-corrected chi connectivity index (χ1v) is 12.0. The molecule has 0 aromatic heterocycles. The summed E-state index contributed by atoms with van der Waals surface area (Å²) >= 11 is 7.47. The third-order valence-electron chi connectivity index (χ3n) is 4.68. The summed E-state index contributed by atoms with van der Waals surface area (Å²) in [4.78, 5) is 48.2. The number of nitro groups is 1. The number of halogens is 1. The number of carbonyl (C=O) groups is 3. The fraction of sp³-hybridized carbons (Fsp3) is 0.160. The number of carbonyl (C=O) groups excluding carboxylic acids is 3. The highest BCUT2D eigenvalue weighted by Gasteiger charge is 2.12. The molecule has 186 valence electrons. The highest BCUT2D eigenvalue weighted by molar-refractivity contribution is 7.99. The molecule has 0 heterocycles. The Morgan fingerprint density at radius 1 is 0.861 bits per heavy atom. The van der Waals surface area contributed by atoms with Crippen molar-refractivity contribution in [3.63, 3.8) is 0 Å². The van der Waals surface area contributed by atoms with Crippen molar-refractivity contribution in [3.8, 4) is 0 Å². The lowest BCUT2D eigenvalue weighted by molar-refractivity contribution is -0.384. The molecule has 0 atom stereocenters. The Morgan fingerprint density at radius 3 is 2.17 bits per heavy atom. The zero-order valence-electron chi connectivity index (χ0n) is 18.9. The predicted octanol–water partition coefficient (Wildman–Crippen LogP) is 5.69. The van der Waals surface area contributed by atoms with Crippen LogP contribution in [0.3, 0.4) is 0 Å². The lowest BCUT2D eigenvalue weighted by Gasteiger charge is -2.08. The number of hydrogen-bond acceptors (Lipinski definition) is 7. The van der Waals surface area contributed by atoms with E-state index in [1.54, 1.807) is 23.9 Å². The lowest BCUT2D eigenvalue weighted by Crippen LogP contribution is -2.21. The molecule has 3 rings (SSSR count). The first-order chi connectivity index (χ1) is 17.3. The molecular weight excluding hydrogens is 506 g/mol. The van der Waals surface area contributed by atoms with Gasteiger partial charge in [0.2, 0.25) is 5.91 Å². The highest BCUT2D eigenvalue weighted by Crippen LogP contribution is 2.29. The van der Waals surface area contributed by atoms with Gasteiger partial charge in [-0.2, -0.15) is 0 Å². The fourth-order valence-corrected chi connectivity index (χ4v) is 3.92. The van der Waals surface area contributed by atoms with Crippen molar-refractivity contribution in [2.24, 2.45) is 0 Å². The summed E-state index contributed by atoms with van der Waals surface area (Å²) < 4.78 is 4.90. The van der Waals surface area contributed by atoms with Crippen molar-refractivity contribution < 1.29 is 24.0 Å². The van der Waals surface area contributed by atoms with E-state index >= 15 is 0 Å². The quantitative estimate of drug-likeness (QED) is 0.186. The fourth-order valence-electron chi connectivity index (χ4n) is 2.97. The molecule has 0 aliphatic carbocycles. The third-order valence-corrected chi connectivity index (χ3v) is 5.94. The second kappa shape index (κ2) is 13.3. The Hall–Kier alpha value is -3.89. The minimum absolute atomic E-state index is 0.0336. The summed E-state index contributed by atoms with van der Waals surface area (Å²) in [5.74, 6) is -1.50. The zero-order chi connectivity index (χ0) is 25.9. The maximum absolute atomic E-state index is 12.2. The van der Waals surface area contributed by atoms with Crippen LogP contribution in [0.4, 0.5) is 17.1 Å². The van der Waals surface area contributed by atoms with E-state index in [4.69, 9.17) is 16.3 Å². The smallest absolute Gasteiger partial charge is 0.306 e. The van der Waals surface area contributed by atoms with Crippen LogP contribution in [-0.2, 0) is 19.1 Å². The molecule has 0 saturated heterocycles. The number of rotatable bonds is 11. The van der Waals surface area contributed by atoms with E-state index in [-0.39, 0.29) is 36.5 Å². The predicted molar refractivity (Wildman–Crippen MR) is 137 cm³/mol. The van der Waals surface area contributed by atoms with Crippen molar-refractivity contribution in [1.82, 2.24) is 0 Å². The number of nitrogens with one attached hydrogen (secondary N) is 2. The number of hydrogen-bond donors (Lipinski definition) is 2. The molecule has 0 unspecified atom stereocenters. The van der Waals surface area contributed by atoms with E-state index in [1.807, 2.05) is 36.4 Å². The van der Waals surface area contributed by atoms with E-state index in [0.717, 1.165) is 9.79 Å². The first-order valence-electron chi connectivity index (χ1n) is 10.8. The summed E-state index contributed by atoms with van der Waals surface area (Å²) in [5.41, 5.74) is 0.690. The molecule has 9 nitrogen and oxygen atoms in total. The van der Waals surface area contributed by atoms with Crippen molar-refractivity contribution in [2.45, 2.75) is 29.1 Å². The van der Waals surface area contributed by atoms with Gasteiger partial charge in [-0.3, -0.25) is 24.5 Å². The van der Waals surface area contributed by atoms with Gasteiger partial charge in [-0.15, -0.1) is 0 Å². The minimum Gasteiger partial charge on any atom is -0.456 e. The maximum Gasteiger partial charge on any atom is 0.306 e.